The monoisotopic (exact) mass is 412 g/mol. The Hall–Kier alpha value is -2.93. The summed E-state index contributed by atoms with van der Waals surface area (Å²) in [6.45, 7) is -0.294. The van der Waals surface area contributed by atoms with Crippen LogP contribution in [0.1, 0.15) is 11.3 Å². The van der Waals surface area contributed by atoms with Crippen LogP contribution >= 0.6 is 0 Å². The molecule has 0 bridgehead atoms. The number of carbonyl (C=O) groups excluding carboxylic acids is 1. The Labute approximate surface area is 172 Å². The fraction of sp³-hybridized carbons (Fsp3) is 0.348. The number of hydrogen-bond acceptors (Lipinski definition) is 4. The van der Waals surface area contributed by atoms with Crippen LogP contribution in [-0.2, 0) is 17.9 Å². The second-order valence-electron chi connectivity index (χ2n) is 8.17. The Balaban J connectivity index is 1.31. The van der Waals surface area contributed by atoms with Gasteiger partial charge in [-0.2, -0.15) is 0 Å². The average molecular weight is 412 g/mol. The molecular weight excluding hydrogens is 390 g/mol. The van der Waals surface area contributed by atoms with Crippen LogP contribution in [0.4, 0.5) is 8.78 Å². The van der Waals surface area contributed by atoms with Crippen LogP contribution in [0.15, 0.2) is 59.0 Å². The van der Waals surface area contributed by atoms with Gasteiger partial charge < -0.3 is 14.1 Å². The van der Waals surface area contributed by atoms with Crippen molar-refractivity contribution >= 4 is 16.9 Å². The van der Waals surface area contributed by atoms with E-state index in [4.69, 9.17) is 9.15 Å². The molecule has 2 aromatic carbocycles. The molecule has 3 aromatic rings. The highest BCUT2D eigenvalue weighted by Crippen LogP contribution is 2.46. The second-order valence-corrected chi connectivity index (χ2v) is 8.17. The Morgan fingerprint density at radius 1 is 1.03 bits per heavy atom. The smallest absolute Gasteiger partial charge is 0.265 e. The molecule has 3 heterocycles. The molecule has 5 nitrogen and oxygen atoms in total. The van der Waals surface area contributed by atoms with Gasteiger partial charge in [-0.3, -0.25) is 9.69 Å². The maximum atomic E-state index is 15.7. The first-order chi connectivity index (χ1) is 14.4. The van der Waals surface area contributed by atoms with E-state index in [1.807, 2.05) is 36.4 Å². The normalized spacial score (nSPS) is 26.5. The van der Waals surface area contributed by atoms with E-state index in [1.54, 1.807) is 30.2 Å². The molecule has 2 aliphatic heterocycles. The van der Waals surface area contributed by atoms with Crippen LogP contribution in [0.25, 0.3) is 11.0 Å². The minimum Gasteiger partial charge on any atom is -0.497 e. The van der Waals surface area contributed by atoms with Gasteiger partial charge in [-0.1, -0.05) is 30.3 Å². The number of para-hydroxylation sites is 1. The van der Waals surface area contributed by atoms with Gasteiger partial charge in [0.2, 0.25) is 5.67 Å². The average Bonchev–Trinajstić information content (AvgIpc) is 3.30. The van der Waals surface area contributed by atoms with Gasteiger partial charge in [0.25, 0.3) is 5.91 Å². The number of fused-ring (bicyclic) bond motifs is 2. The molecule has 5 rings (SSSR count). The number of amides is 1. The number of carbonyl (C=O) groups is 1. The van der Waals surface area contributed by atoms with Crippen molar-refractivity contribution in [2.24, 2.45) is 0 Å². The Morgan fingerprint density at radius 3 is 2.63 bits per heavy atom. The molecule has 1 amide bonds. The number of alkyl halides is 2. The van der Waals surface area contributed by atoms with E-state index in [0.29, 0.717) is 11.5 Å². The molecule has 156 valence electrons. The molecule has 2 aliphatic rings. The third-order valence-electron chi connectivity index (χ3n) is 6.06. The summed E-state index contributed by atoms with van der Waals surface area (Å²) < 4.78 is 42.3. The number of benzene rings is 2. The Kier molecular flexibility index (Phi) is 4.32. The van der Waals surface area contributed by atoms with Crippen molar-refractivity contribution in [1.82, 2.24) is 9.80 Å². The third kappa shape index (κ3) is 2.96. The number of hydrogen-bond donors (Lipinski definition) is 0. The third-order valence-corrected chi connectivity index (χ3v) is 6.06. The predicted molar refractivity (Wildman–Crippen MR) is 108 cm³/mol. The van der Waals surface area contributed by atoms with Gasteiger partial charge in [-0.15, -0.1) is 0 Å². The van der Waals surface area contributed by atoms with Gasteiger partial charge in [0, 0.05) is 25.0 Å². The Morgan fingerprint density at radius 2 is 1.87 bits per heavy atom. The molecule has 2 fully saturated rings. The maximum Gasteiger partial charge on any atom is 0.265 e. The predicted octanol–water partition coefficient (Wildman–Crippen LogP) is 3.72. The van der Waals surface area contributed by atoms with Crippen LogP contribution in [-0.4, -0.2) is 53.8 Å². The van der Waals surface area contributed by atoms with Crippen LogP contribution in [0.2, 0.25) is 0 Å². The molecule has 0 radical (unpaired) electrons. The molecule has 7 heteroatoms. The van der Waals surface area contributed by atoms with Crippen molar-refractivity contribution in [3.63, 3.8) is 0 Å². The van der Waals surface area contributed by atoms with E-state index in [2.05, 4.69) is 0 Å². The zero-order valence-electron chi connectivity index (χ0n) is 16.6. The summed E-state index contributed by atoms with van der Waals surface area (Å²) in [5, 5.41) is 0.942. The summed E-state index contributed by atoms with van der Waals surface area (Å²) in [6.07, 6.45) is 0. The first-order valence-electron chi connectivity index (χ1n) is 9.90. The Bertz CT molecular complexity index is 1080. The number of rotatable bonds is 5. The number of halogens is 2. The summed E-state index contributed by atoms with van der Waals surface area (Å²) in [7, 11) is 1.55. The molecule has 0 saturated carbocycles. The molecule has 2 atom stereocenters. The first-order valence-corrected chi connectivity index (χ1v) is 9.90. The standard InChI is InChI=1S/C23H22F2N2O3/c1-29-18-7-4-5-16(9-18)11-27-14-22(24)13-26(15-23(22,25)21(27)28)12-19-10-17-6-2-3-8-20(17)30-19/h2-10H,11-15H2,1H3/t22-,23+/m0/s1. The summed E-state index contributed by atoms with van der Waals surface area (Å²) in [5.41, 5.74) is -3.28. The minimum absolute atomic E-state index is 0.150. The van der Waals surface area contributed by atoms with Gasteiger partial charge in [0.15, 0.2) is 5.67 Å². The number of ether oxygens (including phenoxy) is 1. The number of furan rings is 1. The first kappa shape index (κ1) is 19.1. The lowest BCUT2D eigenvalue weighted by Gasteiger charge is -2.22. The molecule has 1 aromatic heterocycles. The van der Waals surface area contributed by atoms with Crippen LogP contribution < -0.4 is 4.74 Å². The lowest BCUT2D eigenvalue weighted by Crippen LogP contribution is -2.47. The van der Waals surface area contributed by atoms with E-state index in [0.717, 1.165) is 16.5 Å². The lowest BCUT2D eigenvalue weighted by atomic mass is 9.93. The molecule has 2 saturated heterocycles. The SMILES string of the molecule is COc1cccc(CN2C[C@@]3(F)CN(Cc4cc5ccccc5o4)C[C@@]3(F)C2=O)c1. The summed E-state index contributed by atoms with van der Waals surface area (Å²) >= 11 is 0. The van der Waals surface area contributed by atoms with Gasteiger partial charge in [-0.25, -0.2) is 8.78 Å². The van der Waals surface area contributed by atoms with Gasteiger partial charge in [-0.05, 0) is 29.8 Å². The van der Waals surface area contributed by atoms with Crippen molar-refractivity contribution < 1.29 is 22.7 Å². The van der Waals surface area contributed by atoms with E-state index < -0.39 is 17.2 Å². The minimum atomic E-state index is -2.54. The molecule has 0 unspecified atom stereocenters. The highest BCUT2D eigenvalue weighted by molar-refractivity contribution is 5.90. The topological polar surface area (TPSA) is 45.9 Å². The maximum absolute atomic E-state index is 15.7. The van der Waals surface area contributed by atoms with Gasteiger partial charge >= 0.3 is 0 Å². The second kappa shape index (κ2) is 6.80. The van der Waals surface area contributed by atoms with E-state index >= 15 is 8.78 Å². The van der Waals surface area contributed by atoms with E-state index in [1.165, 1.54) is 4.90 Å². The summed E-state index contributed by atoms with van der Waals surface area (Å²) in [6, 6.07) is 16.6. The number of nitrogens with zero attached hydrogens (tertiary/aromatic N) is 2. The van der Waals surface area contributed by atoms with Crippen LogP contribution in [0.5, 0.6) is 5.75 Å². The summed E-state index contributed by atoms with van der Waals surface area (Å²) in [5.74, 6) is 0.477. The lowest BCUT2D eigenvalue weighted by molar-refractivity contribution is -0.139. The van der Waals surface area contributed by atoms with Crippen molar-refractivity contribution in [3.8, 4) is 5.75 Å². The van der Waals surface area contributed by atoms with E-state index in [9.17, 15) is 4.79 Å². The molecule has 0 aliphatic carbocycles. The van der Waals surface area contributed by atoms with Crippen molar-refractivity contribution in [2.45, 2.75) is 24.4 Å². The quantitative estimate of drug-likeness (QED) is 0.641. The zero-order valence-corrected chi connectivity index (χ0v) is 16.6. The van der Waals surface area contributed by atoms with E-state index in [-0.39, 0.29) is 32.7 Å². The van der Waals surface area contributed by atoms with Crippen LogP contribution in [0.3, 0.4) is 0 Å². The fourth-order valence-electron chi connectivity index (χ4n) is 4.61. The highest BCUT2D eigenvalue weighted by atomic mass is 19.2. The van der Waals surface area contributed by atoms with Crippen LogP contribution in [0, 0.1) is 0 Å². The molecular formula is C23H22F2N2O3. The molecule has 0 spiro atoms. The largest absolute Gasteiger partial charge is 0.497 e. The van der Waals surface area contributed by atoms with Crippen molar-refractivity contribution in [2.75, 3.05) is 26.7 Å². The van der Waals surface area contributed by atoms with Crippen molar-refractivity contribution in [3.05, 3.63) is 65.9 Å². The van der Waals surface area contributed by atoms with Gasteiger partial charge in [0.05, 0.1) is 20.2 Å². The highest BCUT2D eigenvalue weighted by Gasteiger charge is 2.70. The number of methoxy groups -OCH3 is 1. The number of likely N-dealkylation sites (tertiary alicyclic amines) is 2. The van der Waals surface area contributed by atoms with Gasteiger partial charge in [0.1, 0.15) is 17.1 Å². The fourth-order valence-corrected chi connectivity index (χ4v) is 4.61. The zero-order chi connectivity index (χ0) is 20.9. The molecule has 0 N–H and O–H groups in total. The summed E-state index contributed by atoms with van der Waals surface area (Å²) in [4.78, 5) is 15.7. The van der Waals surface area contributed by atoms with Crippen molar-refractivity contribution in [1.29, 1.82) is 0 Å². The molecule has 30 heavy (non-hydrogen) atoms.